The van der Waals surface area contributed by atoms with Gasteiger partial charge in [0.2, 0.25) is 0 Å². The molecule has 1 aliphatic heterocycles. The van der Waals surface area contributed by atoms with Gasteiger partial charge in [-0.25, -0.2) is 0 Å². The fourth-order valence-electron chi connectivity index (χ4n) is 6.55. The van der Waals surface area contributed by atoms with E-state index >= 15 is 0 Å². The molecule has 4 rings (SSSR count). The number of carbonyl (C=O) groups excluding carboxylic acids is 1. The standard InChI is InChI=1S/C19H27NO3/c1-18-8-6-14-12(13(18)3-4-15(18)17(22)23)10-20-16-9-11(21)5-7-19(14,16)2/h9,12-15,20H,3-8,10H2,1-2H3,(H,22,23)/t12?,13?,14?,15-,18+,19-/m1/s1. The minimum atomic E-state index is -0.604. The average molecular weight is 317 g/mol. The molecule has 0 radical (unpaired) electrons. The van der Waals surface area contributed by atoms with Gasteiger partial charge in [-0.1, -0.05) is 13.8 Å². The van der Waals surface area contributed by atoms with E-state index in [1.165, 1.54) is 0 Å². The van der Waals surface area contributed by atoms with Gasteiger partial charge >= 0.3 is 5.97 Å². The number of carboxylic acid groups (broad SMARTS) is 1. The minimum Gasteiger partial charge on any atom is -0.481 e. The van der Waals surface area contributed by atoms with E-state index in [0.717, 1.165) is 44.3 Å². The van der Waals surface area contributed by atoms with Crippen molar-refractivity contribution >= 4 is 11.8 Å². The lowest BCUT2D eigenvalue weighted by atomic mass is 9.50. The van der Waals surface area contributed by atoms with Crippen molar-refractivity contribution in [1.82, 2.24) is 5.32 Å². The van der Waals surface area contributed by atoms with Crippen LogP contribution in [0.5, 0.6) is 0 Å². The number of allylic oxidation sites excluding steroid dienone is 2. The molecule has 3 fully saturated rings. The first-order valence-electron chi connectivity index (χ1n) is 9.08. The highest BCUT2D eigenvalue weighted by molar-refractivity contribution is 5.91. The van der Waals surface area contributed by atoms with Crippen molar-refractivity contribution in [3.8, 4) is 0 Å². The quantitative estimate of drug-likeness (QED) is 0.780. The van der Waals surface area contributed by atoms with Crippen LogP contribution in [-0.4, -0.2) is 23.4 Å². The Bertz CT molecular complexity index is 597. The van der Waals surface area contributed by atoms with Gasteiger partial charge in [-0.15, -0.1) is 0 Å². The number of fused-ring (bicyclic) bond motifs is 5. The molecule has 2 N–H and O–H groups in total. The van der Waals surface area contributed by atoms with Crippen LogP contribution < -0.4 is 5.32 Å². The number of carbonyl (C=O) groups is 2. The number of hydrogen-bond acceptors (Lipinski definition) is 3. The third-order valence-corrected chi connectivity index (χ3v) is 7.89. The largest absolute Gasteiger partial charge is 0.481 e. The van der Waals surface area contributed by atoms with E-state index in [2.05, 4.69) is 19.2 Å². The van der Waals surface area contributed by atoms with Crippen molar-refractivity contribution in [3.63, 3.8) is 0 Å². The fraction of sp³-hybridized carbons (Fsp3) is 0.789. The number of rotatable bonds is 1. The molecule has 3 aliphatic carbocycles. The molecule has 0 bridgehead atoms. The molecule has 3 unspecified atom stereocenters. The number of ketones is 1. The number of piperidine rings is 1. The van der Waals surface area contributed by atoms with E-state index in [-0.39, 0.29) is 22.5 Å². The Balaban J connectivity index is 1.67. The first-order chi connectivity index (χ1) is 10.9. The van der Waals surface area contributed by atoms with Gasteiger partial charge in [-0.05, 0) is 55.3 Å². The SMILES string of the molecule is C[C@]12CCC(=O)C=C1NCC1C2CC[C@@]2(C)C1CC[C@@H]2C(=O)O. The van der Waals surface area contributed by atoms with Crippen molar-refractivity contribution in [3.05, 3.63) is 11.8 Å². The molecule has 0 aromatic rings. The van der Waals surface area contributed by atoms with Crippen LogP contribution in [0, 0.1) is 34.5 Å². The molecule has 4 nitrogen and oxygen atoms in total. The summed E-state index contributed by atoms with van der Waals surface area (Å²) in [6.45, 7) is 5.45. The van der Waals surface area contributed by atoms with Crippen LogP contribution in [0.4, 0.5) is 0 Å². The Hall–Kier alpha value is -1.32. The average Bonchev–Trinajstić information content (AvgIpc) is 2.85. The molecule has 6 atom stereocenters. The summed E-state index contributed by atoms with van der Waals surface area (Å²) >= 11 is 0. The molecule has 1 heterocycles. The maximum atomic E-state index is 11.8. The summed E-state index contributed by atoms with van der Waals surface area (Å²) in [5.41, 5.74) is 1.18. The predicted molar refractivity (Wildman–Crippen MR) is 86.6 cm³/mol. The van der Waals surface area contributed by atoms with E-state index in [4.69, 9.17) is 0 Å². The molecule has 0 aromatic heterocycles. The Morgan fingerprint density at radius 3 is 2.74 bits per heavy atom. The van der Waals surface area contributed by atoms with Crippen molar-refractivity contribution in [1.29, 1.82) is 0 Å². The fourth-order valence-corrected chi connectivity index (χ4v) is 6.55. The molecular weight excluding hydrogens is 290 g/mol. The van der Waals surface area contributed by atoms with Crippen LogP contribution in [0.15, 0.2) is 11.8 Å². The zero-order valence-corrected chi connectivity index (χ0v) is 14.1. The maximum Gasteiger partial charge on any atom is 0.307 e. The Kier molecular flexibility index (Phi) is 3.20. The first-order valence-corrected chi connectivity index (χ1v) is 9.08. The van der Waals surface area contributed by atoms with Crippen molar-refractivity contribution < 1.29 is 14.7 Å². The van der Waals surface area contributed by atoms with E-state index in [1.54, 1.807) is 0 Å². The van der Waals surface area contributed by atoms with Gasteiger partial charge in [0.05, 0.1) is 5.92 Å². The van der Waals surface area contributed by atoms with Crippen LogP contribution >= 0.6 is 0 Å². The number of hydrogen-bond donors (Lipinski definition) is 2. The number of carboxylic acids is 1. The molecule has 0 amide bonds. The third kappa shape index (κ3) is 1.96. The van der Waals surface area contributed by atoms with Gasteiger partial charge in [0, 0.05) is 30.2 Å². The second-order valence-corrected chi connectivity index (χ2v) is 8.71. The van der Waals surface area contributed by atoms with Crippen molar-refractivity contribution in [2.24, 2.45) is 34.5 Å². The van der Waals surface area contributed by atoms with Crippen LogP contribution in [0.3, 0.4) is 0 Å². The molecule has 2 saturated carbocycles. The molecule has 0 spiro atoms. The second-order valence-electron chi connectivity index (χ2n) is 8.71. The molecule has 0 aromatic carbocycles. The molecule has 126 valence electrons. The predicted octanol–water partition coefficient (Wildman–Crippen LogP) is 2.99. The van der Waals surface area contributed by atoms with Crippen molar-refractivity contribution in [2.45, 2.75) is 52.4 Å². The van der Waals surface area contributed by atoms with E-state index in [9.17, 15) is 14.7 Å². The monoisotopic (exact) mass is 317 g/mol. The lowest BCUT2D eigenvalue weighted by Crippen LogP contribution is -2.57. The van der Waals surface area contributed by atoms with E-state index < -0.39 is 5.97 Å². The molecular formula is C19H27NO3. The number of nitrogens with one attached hydrogen (secondary N) is 1. The molecule has 23 heavy (non-hydrogen) atoms. The summed E-state index contributed by atoms with van der Waals surface area (Å²) in [6.07, 6.45) is 7.43. The van der Waals surface area contributed by atoms with Crippen LogP contribution in [0.1, 0.15) is 52.4 Å². The highest BCUT2D eigenvalue weighted by Crippen LogP contribution is 2.64. The van der Waals surface area contributed by atoms with E-state index in [0.29, 0.717) is 24.2 Å². The minimum absolute atomic E-state index is 0.0449. The van der Waals surface area contributed by atoms with Crippen LogP contribution in [-0.2, 0) is 9.59 Å². The van der Waals surface area contributed by atoms with Crippen LogP contribution in [0.25, 0.3) is 0 Å². The van der Waals surface area contributed by atoms with E-state index in [1.807, 2.05) is 6.08 Å². The molecule has 1 saturated heterocycles. The summed E-state index contributed by atoms with van der Waals surface area (Å²) in [6, 6.07) is 0. The lowest BCUT2D eigenvalue weighted by Gasteiger charge is -2.57. The summed E-state index contributed by atoms with van der Waals surface area (Å²) in [4.78, 5) is 23.5. The molecule has 4 heteroatoms. The van der Waals surface area contributed by atoms with Gasteiger partial charge in [-0.3, -0.25) is 9.59 Å². The normalized spacial score (nSPS) is 48.6. The van der Waals surface area contributed by atoms with Crippen molar-refractivity contribution in [2.75, 3.05) is 6.54 Å². The lowest BCUT2D eigenvalue weighted by molar-refractivity contribution is -0.149. The Labute approximate surface area is 137 Å². The smallest absolute Gasteiger partial charge is 0.307 e. The molecule has 4 aliphatic rings. The zero-order chi connectivity index (χ0) is 16.4. The van der Waals surface area contributed by atoms with Gasteiger partial charge in [0.15, 0.2) is 5.78 Å². The summed E-state index contributed by atoms with van der Waals surface area (Å²) < 4.78 is 0. The summed E-state index contributed by atoms with van der Waals surface area (Å²) in [5.74, 6) is 1.11. The highest BCUT2D eigenvalue weighted by Gasteiger charge is 2.60. The first kappa shape index (κ1) is 15.2. The third-order valence-electron chi connectivity index (χ3n) is 7.89. The zero-order valence-electron chi connectivity index (χ0n) is 14.1. The van der Waals surface area contributed by atoms with Gasteiger partial charge < -0.3 is 10.4 Å². The van der Waals surface area contributed by atoms with Gasteiger partial charge in [-0.2, -0.15) is 0 Å². The van der Waals surface area contributed by atoms with Gasteiger partial charge in [0.25, 0.3) is 0 Å². The Morgan fingerprint density at radius 2 is 2.00 bits per heavy atom. The second kappa shape index (κ2) is 4.84. The topological polar surface area (TPSA) is 66.4 Å². The maximum absolute atomic E-state index is 11.8. The van der Waals surface area contributed by atoms with Gasteiger partial charge in [0.1, 0.15) is 0 Å². The Morgan fingerprint density at radius 1 is 1.22 bits per heavy atom. The number of aliphatic carboxylic acids is 1. The highest BCUT2D eigenvalue weighted by atomic mass is 16.4. The summed E-state index contributed by atoms with van der Waals surface area (Å²) in [5, 5.41) is 13.2. The van der Waals surface area contributed by atoms with Crippen LogP contribution in [0.2, 0.25) is 0 Å². The summed E-state index contributed by atoms with van der Waals surface area (Å²) in [7, 11) is 0.